The molecule has 5 heteroatoms. The van der Waals surface area contributed by atoms with E-state index in [2.05, 4.69) is 36.6 Å². The molecule has 0 saturated heterocycles. The van der Waals surface area contributed by atoms with Gasteiger partial charge in [-0.3, -0.25) is 0 Å². The van der Waals surface area contributed by atoms with Gasteiger partial charge in [-0.25, -0.2) is 4.79 Å². The highest BCUT2D eigenvalue weighted by Gasteiger charge is 2.37. The molecule has 2 atom stereocenters. The van der Waals surface area contributed by atoms with Gasteiger partial charge in [0.05, 0.1) is 0 Å². The third-order valence-corrected chi connectivity index (χ3v) is 5.18. The quantitative estimate of drug-likeness (QED) is 0.875. The topological polar surface area (TPSA) is 57.5 Å². The third-order valence-electron chi connectivity index (χ3n) is 5.18. The van der Waals surface area contributed by atoms with E-state index in [1.54, 1.807) is 0 Å². The van der Waals surface area contributed by atoms with Crippen LogP contribution in [0.2, 0.25) is 0 Å². The lowest BCUT2D eigenvalue weighted by atomic mass is 9.75. The van der Waals surface area contributed by atoms with Crippen molar-refractivity contribution < 1.29 is 9.21 Å². The average Bonchev–Trinajstić information content (AvgIpc) is 2.81. The minimum atomic E-state index is -0.109. The Kier molecular flexibility index (Phi) is 5.74. The molecule has 2 amide bonds. The SMILES string of the molecule is Cc1cc(CNC(=O)NCC2(N(C)C)CCCC(C)C2)c(C)o1. The molecule has 1 saturated carbocycles. The Balaban J connectivity index is 1.85. The van der Waals surface area contributed by atoms with Crippen molar-refractivity contribution in [3.8, 4) is 0 Å². The maximum Gasteiger partial charge on any atom is 0.315 e. The lowest BCUT2D eigenvalue weighted by Gasteiger charge is -2.45. The van der Waals surface area contributed by atoms with Crippen LogP contribution in [0.1, 0.15) is 49.7 Å². The van der Waals surface area contributed by atoms with Crippen molar-refractivity contribution in [2.75, 3.05) is 20.6 Å². The highest BCUT2D eigenvalue weighted by molar-refractivity contribution is 5.74. The van der Waals surface area contributed by atoms with Crippen molar-refractivity contribution in [1.82, 2.24) is 15.5 Å². The molecule has 23 heavy (non-hydrogen) atoms. The smallest absolute Gasteiger partial charge is 0.315 e. The molecular weight excluding hydrogens is 290 g/mol. The number of nitrogens with zero attached hydrogens (tertiary/aromatic N) is 1. The number of rotatable bonds is 5. The second-order valence-corrected chi connectivity index (χ2v) is 7.29. The summed E-state index contributed by atoms with van der Waals surface area (Å²) in [6, 6.07) is 1.86. The van der Waals surface area contributed by atoms with Crippen LogP contribution in [0.25, 0.3) is 0 Å². The highest BCUT2D eigenvalue weighted by atomic mass is 16.3. The molecule has 2 rings (SSSR count). The van der Waals surface area contributed by atoms with Crippen LogP contribution in [-0.4, -0.2) is 37.1 Å². The zero-order chi connectivity index (χ0) is 17.0. The van der Waals surface area contributed by atoms with Gasteiger partial charge in [0.15, 0.2) is 0 Å². The molecule has 1 aromatic rings. The number of carbonyl (C=O) groups excluding carboxylic acids is 1. The number of urea groups is 1. The van der Waals surface area contributed by atoms with Gasteiger partial charge in [-0.15, -0.1) is 0 Å². The molecule has 0 aliphatic heterocycles. The van der Waals surface area contributed by atoms with Crippen molar-refractivity contribution in [3.05, 3.63) is 23.2 Å². The zero-order valence-electron chi connectivity index (χ0n) is 15.2. The van der Waals surface area contributed by atoms with Crippen LogP contribution in [0.15, 0.2) is 10.5 Å². The predicted octanol–water partition coefficient (Wildman–Crippen LogP) is 3.21. The molecule has 0 bridgehead atoms. The molecule has 1 aliphatic rings. The fraction of sp³-hybridized carbons (Fsp3) is 0.722. The van der Waals surface area contributed by atoms with E-state index in [9.17, 15) is 4.79 Å². The minimum Gasteiger partial charge on any atom is -0.466 e. The number of hydrogen-bond acceptors (Lipinski definition) is 3. The maximum absolute atomic E-state index is 12.2. The molecule has 0 aromatic carbocycles. The van der Waals surface area contributed by atoms with Crippen LogP contribution < -0.4 is 10.6 Å². The van der Waals surface area contributed by atoms with Crippen LogP contribution in [0, 0.1) is 19.8 Å². The maximum atomic E-state index is 12.2. The van der Waals surface area contributed by atoms with Gasteiger partial charge in [-0.05, 0) is 52.8 Å². The lowest BCUT2D eigenvalue weighted by Crippen LogP contribution is -2.56. The first-order valence-corrected chi connectivity index (χ1v) is 8.57. The Morgan fingerprint density at radius 2 is 2.13 bits per heavy atom. The third kappa shape index (κ3) is 4.50. The minimum absolute atomic E-state index is 0.0805. The Labute approximate surface area is 139 Å². The van der Waals surface area contributed by atoms with Crippen LogP contribution >= 0.6 is 0 Å². The first-order chi connectivity index (χ1) is 10.8. The predicted molar refractivity (Wildman–Crippen MR) is 92.5 cm³/mol. The number of carbonyl (C=O) groups is 1. The summed E-state index contributed by atoms with van der Waals surface area (Å²) in [6.07, 6.45) is 4.81. The van der Waals surface area contributed by atoms with Gasteiger partial charge in [0.25, 0.3) is 0 Å². The summed E-state index contributed by atoms with van der Waals surface area (Å²) in [5, 5.41) is 6.00. The van der Waals surface area contributed by atoms with E-state index in [1.807, 2.05) is 19.9 Å². The number of amides is 2. The van der Waals surface area contributed by atoms with Gasteiger partial charge >= 0.3 is 6.03 Å². The van der Waals surface area contributed by atoms with Crippen LogP contribution in [0.4, 0.5) is 4.79 Å². The Bertz CT molecular complexity index is 538. The van der Waals surface area contributed by atoms with E-state index in [1.165, 1.54) is 12.8 Å². The molecule has 1 fully saturated rings. The molecule has 0 radical (unpaired) electrons. The first kappa shape index (κ1) is 17.9. The summed E-state index contributed by atoms with van der Waals surface area (Å²) in [4.78, 5) is 14.4. The molecule has 2 N–H and O–H groups in total. The van der Waals surface area contributed by atoms with E-state index >= 15 is 0 Å². The molecule has 5 nitrogen and oxygen atoms in total. The van der Waals surface area contributed by atoms with Gasteiger partial charge in [-0.1, -0.05) is 19.8 Å². The van der Waals surface area contributed by atoms with E-state index < -0.39 is 0 Å². The summed E-state index contributed by atoms with van der Waals surface area (Å²) in [7, 11) is 4.24. The molecule has 1 aromatic heterocycles. The Morgan fingerprint density at radius 1 is 1.39 bits per heavy atom. The molecule has 130 valence electrons. The second kappa shape index (κ2) is 7.39. The Morgan fingerprint density at radius 3 is 2.70 bits per heavy atom. The summed E-state index contributed by atoms with van der Waals surface area (Å²) in [5.74, 6) is 2.46. The number of likely N-dealkylation sites (N-methyl/N-ethyl adjacent to an activating group) is 1. The Hall–Kier alpha value is -1.49. The molecule has 1 heterocycles. The van der Waals surface area contributed by atoms with E-state index in [4.69, 9.17) is 4.42 Å². The van der Waals surface area contributed by atoms with E-state index in [-0.39, 0.29) is 11.6 Å². The largest absolute Gasteiger partial charge is 0.466 e. The van der Waals surface area contributed by atoms with Gasteiger partial charge in [0.1, 0.15) is 11.5 Å². The van der Waals surface area contributed by atoms with Crippen molar-refractivity contribution >= 4 is 6.03 Å². The fourth-order valence-electron chi connectivity index (χ4n) is 3.70. The van der Waals surface area contributed by atoms with Gasteiger partial charge < -0.3 is 20.0 Å². The highest BCUT2D eigenvalue weighted by Crippen LogP contribution is 2.35. The number of nitrogens with one attached hydrogen (secondary N) is 2. The van der Waals surface area contributed by atoms with Crippen LogP contribution in [0.3, 0.4) is 0 Å². The monoisotopic (exact) mass is 321 g/mol. The van der Waals surface area contributed by atoms with Gasteiger partial charge in [0, 0.05) is 24.2 Å². The number of furan rings is 1. The first-order valence-electron chi connectivity index (χ1n) is 8.57. The van der Waals surface area contributed by atoms with Crippen LogP contribution in [0.5, 0.6) is 0 Å². The zero-order valence-corrected chi connectivity index (χ0v) is 15.2. The second-order valence-electron chi connectivity index (χ2n) is 7.29. The molecule has 0 spiro atoms. The van der Waals surface area contributed by atoms with Crippen molar-refractivity contribution in [2.24, 2.45) is 5.92 Å². The number of aryl methyl sites for hydroxylation is 2. The lowest BCUT2D eigenvalue weighted by molar-refractivity contribution is 0.0773. The fourth-order valence-corrected chi connectivity index (χ4v) is 3.70. The van der Waals surface area contributed by atoms with Crippen molar-refractivity contribution in [3.63, 3.8) is 0 Å². The van der Waals surface area contributed by atoms with Crippen molar-refractivity contribution in [2.45, 2.75) is 58.5 Å². The summed E-state index contributed by atoms with van der Waals surface area (Å²) < 4.78 is 5.48. The van der Waals surface area contributed by atoms with Crippen molar-refractivity contribution in [1.29, 1.82) is 0 Å². The average molecular weight is 321 g/mol. The van der Waals surface area contributed by atoms with Crippen LogP contribution in [-0.2, 0) is 6.54 Å². The van der Waals surface area contributed by atoms with E-state index in [0.717, 1.165) is 29.9 Å². The summed E-state index contributed by atoms with van der Waals surface area (Å²) in [6.45, 7) is 7.34. The normalized spacial score (nSPS) is 24.7. The van der Waals surface area contributed by atoms with E-state index in [0.29, 0.717) is 19.0 Å². The summed E-state index contributed by atoms with van der Waals surface area (Å²) in [5.41, 5.74) is 1.11. The molecular formula is C18H31N3O2. The summed E-state index contributed by atoms with van der Waals surface area (Å²) >= 11 is 0. The standard InChI is InChI=1S/C18H31N3O2/c1-13-7-6-8-18(10-13,21(4)5)12-20-17(22)19-11-16-9-14(2)23-15(16)3/h9,13H,6-8,10-12H2,1-5H3,(H2,19,20,22). The van der Waals surface area contributed by atoms with Gasteiger partial charge in [-0.2, -0.15) is 0 Å². The molecule has 1 aliphatic carbocycles. The number of hydrogen-bond donors (Lipinski definition) is 2. The molecule has 2 unspecified atom stereocenters. The van der Waals surface area contributed by atoms with Gasteiger partial charge in [0.2, 0.25) is 0 Å².